The summed E-state index contributed by atoms with van der Waals surface area (Å²) in [6.07, 6.45) is 0. The van der Waals surface area contributed by atoms with Gasteiger partial charge >= 0.3 is 5.91 Å². The van der Waals surface area contributed by atoms with E-state index in [0.29, 0.717) is 6.54 Å². The van der Waals surface area contributed by atoms with Crippen molar-refractivity contribution in [3.05, 3.63) is 5.82 Å². The van der Waals surface area contributed by atoms with E-state index in [1.807, 2.05) is 0 Å². The number of hydrogen-bond acceptors (Lipinski definition) is 5. The number of nitrogens with zero attached hydrogens (tertiary/aromatic N) is 4. The predicted molar refractivity (Wildman–Crippen MR) is 35.1 cm³/mol. The Hall–Kier alpha value is -1.50. The number of tetrazole rings is 1. The molecule has 11 heavy (non-hydrogen) atoms. The zero-order valence-electron chi connectivity index (χ0n) is 5.98. The molecule has 0 aliphatic rings. The molecule has 0 saturated heterocycles. The molecule has 1 aromatic heterocycles. The summed E-state index contributed by atoms with van der Waals surface area (Å²) in [5.41, 5.74) is 0. The first-order valence-corrected chi connectivity index (χ1v) is 3.05. The molecule has 1 rings (SSSR count). The average Bonchev–Trinajstić information content (AvgIpc) is 2.53. The zero-order chi connectivity index (χ0) is 8.27. The van der Waals surface area contributed by atoms with Crippen molar-refractivity contribution in [2.75, 3.05) is 6.54 Å². The van der Waals surface area contributed by atoms with Gasteiger partial charge in [0, 0.05) is 6.54 Å². The molecule has 0 fully saturated rings. The summed E-state index contributed by atoms with van der Waals surface area (Å²) in [7, 11) is 0. The normalized spacial score (nSPS) is 9.64. The molecule has 0 aromatic carbocycles. The number of amides is 1. The molecule has 0 saturated carbocycles. The number of carbonyl (C=O) groups excluding carboxylic acids is 1. The molecular weight excluding hydrogens is 148 g/mol. The Bertz CT molecular complexity index is 231. The lowest BCUT2D eigenvalue weighted by Gasteiger charge is -2.09. The van der Waals surface area contributed by atoms with Crippen molar-refractivity contribution in [2.24, 2.45) is 5.84 Å². The van der Waals surface area contributed by atoms with E-state index in [1.54, 1.807) is 6.92 Å². The summed E-state index contributed by atoms with van der Waals surface area (Å²) >= 11 is 0. The topological polar surface area (TPSA) is 101 Å². The standard InChI is InChI=1S/C4H8N6O/c1-2-10(5)4(11)3-6-8-9-7-3/h2,5H2,1H3,(H,6,7,8,9). The van der Waals surface area contributed by atoms with Crippen LogP contribution in [0.25, 0.3) is 0 Å². The molecule has 60 valence electrons. The van der Waals surface area contributed by atoms with Crippen LogP contribution in [-0.2, 0) is 0 Å². The van der Waals surface area contributed by atoms with Crippen LogP contribution in [0.1, 0.15) is 17.5 Å². The maximum Gasteiger partial charge on any atom is 0.309 e. The summed E-state index contributed by atoms with van der Waals surface area (Å²) < 4.78 is 0. The molecule has 0 bridgehead atoms. The first-order valence-electron chi connectivity index (χ1n) is 3.05. The largest absolute Gasteiger partial charge is 0.309 e. The highest BCUT2D eigenvalue weighted by molar-refractivity contribution is 5.89. The van der Waals surface area contributed by atoms with Gasteiger partial charge in [0.25, 0.3) is 5.82 Å². The van der Waals surface area contributed by atoms with Gasteiger partial charge in [-0.25, -0.2) is 5.84 Å². The minimum absolute atomic E-state index is 0.0191. The second-order valence-corrected chi connectivity index (χ2v) is 1.83. The van der Waals surface area contributed by atoms with Crippen molar-refractivity contribution >= 4 is 5.91 Å². The Kier molecular flexibility index (Phi) is 2.12. The Morgan fingerprint density at radius 1 is 1.82 bits per heavy atom. The van der Waals surface area contributed by atoms with E-state index in [0.717, 1.165) is 5.01 Å². The SMILES string of the molecule is CCN(N)C(=O)c1nn[nH]n1. The van der Waals surface area contributed by atoms with Crippen LogP contribution in [0.4, 0.5) is 0 Å². The Labute approximate surface area is 62.5 Å². The van der Waals surface area contributed by atoms with Crippen LogP contribution in [0.5, 0.6) is 0 Å². The summed E-state index contributed by atoms with van der Waals surface area (Å²) in [5.74, 6) is 4.81. The minimum atomic E-state index is -0.443. The highest BCUT2D eigenvalue weighted by Gasteiger charge is 2.14. The fourth-order valence-corrected chi connectivity index (χ4v) is 0.524. The monoisotopic (exact) mass is 156 g/mol. The van der Waals surface area contributed by atoms with E-state index in [-0.39, 0.29) is 5.82 Å². The molecule has 1 heterocycles. The first-order chi connectivity index (χ1) is 5.25. The van der Waals surface area contributed by atoms with E-state index in [9.17, 15) is 4.79 Å². The fraction of sp³-hybridized carbons (Fsp3) is 0.500. The molecule has 0 radical (unpaired) electrons. The highest BCUT2D eigenvalue weighted by atomic mass is 16.2. The predicted octanol–water partition coefficient (Wildman–Crippen LogP) is -1.46. The van der Waals surface area contributed by atoms with Gasteiger partial charge in [-0.05, 0) is 12.1 Å². The molecule has 0 unspecified atom stereocenters. The number of H-pyrrole nitrogens is 1. The molecule has 0 aliphatic carbocycles. The molecule has 3 N–H and O–H groups in total. The van der Waals surface area contributed by atoms with Gasteiger partial charge in [0.2, 0.25) is 0 Å². The van der Waals surface area contributed by atoms with Gasteiger partial charge in [-0.2, -0.15) is 5.21 Å². The van der Waals surface area contributed by atoms with Crippen LogP contribution in [0, 0.1) is 0 Å². The van der Waals surface area contributed by atoms with Crippen LogP contribution in [0.2, 0.25) is 0 Å². The van der Waals surface area contributed by atoms with Crippen molar-refractivity contribution in [1.82, 2.24) is 25.6 Å². The summed E-state index contributed by atoms with van der Waals surface area (Å²) in [6, 6.07) is 0. The number of aromatic nitrogens is 4. The number of aromatic amines is 1. The smallest absolute Gasteiger partial charge is 0.274 e. The molecular formula is C4H8N6O. The van der Waals surface area contributed by atoms with E-state index in [2.05, 4.69) is 20.6 Å². The van der Waals surface area contributed by atoms with Crippen molar-refractivity contribution in [3.63, 3.8) is 0 Å². The third-order valence-electron chi connectivity index (χ3n) is 1.14. The maximum absolute atomic E-state index is 11.1. The van der Waals surface area contributed by atoms with Crippen LogP contribution < -0.4 is 5.84 Å². The van der Waals surface area contributed by atoms with Crippen LogP contribution in [0.3, 0.4) is 0 Å². The van der Waals surface area contributed by atoms with E-state index in [4.69, 9.17) is 5.84 Å². The highest BCUT2D eigenvalue weighted by Crippen LogP contribution is 1.88. The van der Waals surface area contributed by atoms with Gasteiger partial charge < -0.3 is 0 Å². The van der Waals surface area contributed by atoms with Gasteiger partial charge in [0.15, 0.2) is 0 Å². The van der Waals surface area contributed by atoms with Gasteiger partial charge in [0.1, 0.15) is 0 Å². The number of hydrazine groups is 1. The third-order valence-corrected chi connectivity index (χ3v) is 1.14. The Morgan fingerprint density at radius 2 is 2.55 bits per heavy atom. The quantitative estimate of drug-likeness (QED) is 0.309. The summed E-state index contributed by atoms with van der Waals surface area (Å²) in [5, 5.41) is 13.3. The van der Waals surface area contributed by atoms with E-state index in [1.165, 1.54) is 0 Å². The number of carbonyl (C=O) groups is 1. The second kappa shape index (κ2) is 3.06. The second-order valence-electron chi connectivity index (χ2n) is 1.83. The van der Waals surface area contributed by atoms with Crippen molar-refractivity contribution in [2.45, 2.75) is 6.92 Å². The van der Waals surface area contributed by atoms with Gasteiger partial charge in [-0.1, -0.05) is 0 Å². The molecule has 1 amide bonds. The minimum Gasteiger partial charge on any atom is -0.274 e. The molecule has 1 aromatic rings. The van der Waals surface area contributed by atoms with Gasteiger partial charge in [-0.3, -0.25) is 9.80 Å². The number of nitrogens with two attached hydrogens (primary N) is 1. The van der Waals surface area contributed by atoms with Gasteiger partial charge in [-0.15, -0.1) is 10.2 Å². The van der Waals surface area contributed by atoms with E-state index >= 15 is 0 Å². The maximum atomic E-state index is 11.1. The van der Waals surface area contributed by atoms with Gasteiger partial charge in [0.05, 0.1) is 0 Å². The zero-order valence-corrected chi connectivity index (χ0v) is 5.98. The van der Waals surface area contributed by atoms with Crippen LogP contribution in [-0.4, -0.2) is 38.1 Å². The van der Waals surface area contributed by atoms with Crippen LogP contribution >= 0.6 is 0 Å². The van der Waals surface area contributed by atoms with Crippen molar-refractivity contribution < 1.29 is 4.79 Å². The molecule has 0 atom stereocenters. The summed E-state index contributed by atoms with van der Waals surface area (Å²) in [4.78, 5) is 11.1. The lowest BCUT2D eigenvalue weighted by atomic mass is 10.5. The average molecular weight is 156 g/mol. The molecule has 7 nitrogen and oxygen atoms in total. The molecule has 0 spiro atoms. The summed E-state index contributed by atoms with van der Waals surface area (Å²) in [6.45, 7) is 2.16. The molecule has 0 aliphatic heterocycles. The number of rotatable bonds is 2. The van der Waals surface area contributed by atoms with E-state index < -0.39 is 5.91 Å². The Balaban J connectivity index is 2.70. The number of nitrogens with one attached hydrogen (secondary N) is 1. The van der Waals surface area contributed by atoms with Crippen molar-refractivity contribution in [3.8, 4) is 0 Å². The fourth-order valence-electron chi connectivity index (χ4n) is 0.524. The Morgan fingerprint density at radius 3 is 3.00 bits per heavy atom. The number of hydrogen-bond donors (Lipinski definition) is 2. The lowest BCUT2D eigenvalue weighted by molar-refractivity contribution is 0.0752. The van der Waals surface area contributed by atoms with Crippen LogP contribution in [0.15, 0.2) is 0 Å². The van der Waals surface area contributed by atoms with Crippen molar-refractivity contribution in [1.29, 1.82) is 0 Å². The first kappa shape index (κ1) is 7.61. The molecule has 7 heteroatoms. The lowest BCUT2D eigenvalue weighted by Crippen LogP contribution is -2.37. The third kappa shape index (κ3) is 1.49.